The van der Waals surface area contributed by atoms with Gasteiger partial charge in [-0.15, -0.1) is 11.3 Å². The Morgan fingerprint density at radius 3 is 2.56 bits per heavy atom. The number of carbonyl (C=O) groups excluding carboxylic acids is 2. The van der Waals surface area contributed by atoms with Gasteiger partial charge in [-0.1, -0.05) is 22.0 Å². The van der Waals surface area contributed by atoms with Gasteiger partial charge in [0, 0.05) is 16.6 Å². The Kier molecular flexibility index (Phi) is 8.47. The minimum absolute atomic E-state index is 0.101. The van der Waals surface area contributed by atoms with E-state index in [0.29, 0.717) is 21.4 Å². The van der Waals surface area contributed by atoms with Gasteiger partial charge < -0.3 is 30.1 Å². The normalized spacial score (nSPS) is 25.1. The highest BCUT2D eigenvalue weighted by molar-refractivity contribution is 9.10. The van der Waals surface area contributed by atoms with Gasteiger partial charge in [-0.3, -0.25) is 4.79 Å². The van der Waals surface area contributed by atoms with Crippen molar-refractivity contribution >= 4 is 49.2 Å². The lowest BCUT2D eigenvalue weighted by Crippen LogP contribution is -2.65. The summed E-state index contributed by atoms with van der Waals surface area (Å²) in [5.41, 5.74) is 0.564. The average Bonchev–Trinajstić information content (AvgIpc) is 3.20. The Bertz CT molecular complexity index is 1170. The average molecular weight is 579 g/mol. The van der Waals surface area contributed by atoms with Crippen LogP contribution in [0.2, 0.25) is 0 Å². The van der Waals surface area contributed by atoms with E-state index in [1.54, 1.807) is 12.1 Å². The van der Waals surface area contributed by atoms with Gasteiger partial charge in [-0.05, 0) is 36.8 Å². The van der Waals surface area contributed by atoms with E-state index in [0.717, 1.165) is 0 Å². The molecule has 11 nitrogen and oxygen atoms in total. The van der Waals surface area contributed by atoms with Crippen molar-refractivity contribution in [3.8, 4) is 0 Å². The predicted molar refractivity (Wildman–Crippen MR) is 124 cm³/mol. The molecule has 1 aliphatic heterocycles. The third-order valence-electron chi connectivity index (χ3n) is 5.08. The molecule has 5 N–H and O–H groups in total. The van der Waals surface area contributed by atoms with Crippen LogP contribution in [0, 0.1) is 6.92 Å². The summed E-state index contributed by atoms with van der Waals surface area (Å²) >= 11 is 3.96. The first-order valence-corrected chi connectivity index (χ1v) is 13.0. The lowest BCUT2D eigenvalue weighted by atomic mass is 9.96. The zero-order valence-corrected chi connectivity index (χ0v) is 21.2. The number of methoxy groups -OCH3 is 1. The highest BCUT2D eigenvalue weighted by atomic mass is 79.9. The monoisotopic (exact) mass is 578 g/mol. The second-order valence-electron chi connectivity index (χ2n) is 7.48. The summed E-state index contributed by atoms with van der Waals surface area (Å²) in [5.74, 6) is -1.29. The van der Waals surface area contributed by atoms with Crippen molar-refractivity contribution in [2.24, 2.45) is 0 Å². The number of hydrogen-bond donors (Lipinski definition) is 5. The number of thiophene rings is 1. The number of aliphatic hydroxyl groups is 3. The van der Waals surface area contributed by atoms with E-state index in [2.05, 4.69) is 30.7 Å². The van der Waals surface area contributed by atoms with Gasteiger partial charge >= 0.3 is 5.97 Å². The van der Waals surface area contributed by atoms with Crippen LogP contribution in [-0.4, -0.2) is 79.9 Å². The molecule has 0 aliphatic carbocycles. The molecular formula is C20H23BrN2O9S2. The third-order valence-corrected chi connectivity index (χ3v) is 8.85. The lowest BCUT2D eigenvalue weighted by Gasteiger charge is -2.41. The number of hydrogen-bond acceptors (Lipinski definition) is 10. The molecular weight excluding hydrogens is 556 g/mol. The first-order chi connectivity index (χ1) is 15.9. The number of aliphatic hydroxyl groups excluding tert-OH is 3. The number of esters is 1. The molecule has 2 heterocycles. The second-order valence-corrected chi connectivity index (χ2v) is 11.4. The minimum atomic E-state index is -4.11. The lowest BCUT2D eigenvalue weighted by molar-refractivity contribution is -0.243. The molecule has 1 amide bonds. The molecule has 2 aromatic rings. The predicted octanol–water partition coefficient (Wildman–Crippen LogP) is 0.122. The molecule has 186 valence electrons. The number of aryl methyl sites for hydroxylation is 1. The molecule has 14 heteroatoms. The number of halogens is 1. The van der Waals surface area contributed by atoms with Gasteiger partial charge in [0.05, 0.1) is 7.11 Å². The molecule has 0 radical (unpaired) electrons. The van der Waals surface area contributed by atoms with E-state index in [1.165, 1.54) is 32.2 Å². The largest absolute Gasteiger partial charge is 0.465 e. The Labute approximate surface area is 207 Å². The summed E-state index contributed by atoms with van der Waals surface area (Å²) in [6, 6.07) is 6.41. The van der Waals surface area contributed by atoms with Crippen molar-refractivity contribution in [3.05, 3.63) is 50.8 Å². The molecule has 5 atom stereocenters. The van der Waals surface area contributed by atoms with Gasteiger partial charge in [0.25, 0.3) is 5.91 Å². The number of ether oxygens (including phenoxy) is 2. The molecule has 0 saturated carbocycles. The summed E-state index contributed by atoms with van der Waals surface area (Å²) in [6.45, 7) is 1.02. The van der Waals surface area contributed by atoms with Crippen LogP contribution in [0.5, 0.6) is 0 Å². The first kappa shape index (κ1) is 26.7. The maximum Gasteiger partial charge on any atom is 0.348 e. The number of rotatable bonds is 7. The van der Waals surface area contributed by atoms with Crippen molar-refractivity contribution < 1.29 is 42.8 Å². The van der Waals surface area contributed by atoms with Crippen molar-refractivity contribution in [2.45, 2.75) is 41.8 Å². The molecule has 34 heavy (non-hydrogen) atoms. The second kappa shape index (κ2) is 10.8. The SMILES string of the molecule is COC(=O)c1cc(C)c(S(=O)(=O)NC[C@H]2OC(O)[C@H](NC(=O)c3cccc(Br)c3)[C@@H](O)[C@@H]2O)s1. The van der Waals surface area contributed by atoms with Crippen LogP contribution >= 0.6 is 27.3 Å². The van der Waals surface area contributed by atoms with Crippen LogP contribution in [0.4, 0.5) is 0 Å². The number of nitrogens with one attached hydrogen (secondary N) is 2. The Morgan fingerprint density at radius 1 is 1.21 bits per heavy atom. The van der Waals surface area contributed by atoms with Gasteiger partial charge in [-0.25, -0.2) is 17.9 Å². The van der Waals surface area contributed by atoms with E-state index >= 15 is 0 Å². The maximum absolute atomic E-state index is 12.7. The fraction of sp³-hybridized carbons (Fsp3) is 0.400. The summed E-state index contributed by atoms with van der Waals surface area (Å²) in [4.78, 5) is 24.2. The van der Waals surface area contributed by atoms with Crippen molar-refractivity contribution in [3.63, 3.8) is 0 Å². The van der Waals surface area contributed by atoms with Gasteiger partial charge in [0.1, 0.15) is 33.4 Å². The zero-order chi connectivity index (χ0) is 25.2. The summed E-state index contributed by atoms with van der Waals surface area (Å²) in [5, 5.41) is 33.6. The molecule has 1 unspecified atom stereocenters. The molecule has 0 spiro atoms. The van der Waals surface area contributed by atoms with Gasteiger partial charge in [0.15, 0.2) is 6.29 Å². The van der Waals surface area contributed by atoms with E-state index in [1.807, 2.05) is 0 Å². The van der Waals surface area contributed by atoms with Crippen LogP contribution in [-0.2, 0) is 19.5 Å². The Balaban J connectivity index is 1.66. The van der Waals surface area contributed by atoms with Crippen molar-refractivity contribution in [2.75, 3.05) is 13.7 Å². The number of amides is 1. The van der Waals surface area contributed by atoms with Crippen LogP contribution < -0.4 is 10.0 Å². The highest BCUT2D eigenvalue weighted by Gasteiger charge is 2.45. The number of benzene rings is 1. The summed E-state index contributed by atoms with van der Waals surface area (Å²) < 4.78 is 38.1. The topological polar surface area (TPSA) is 171 Å². The highest BCUT2D eigenvalue weighted by Crippen LogP contribution is 2.28. The molecule has 1 aromatic heterocycles. The quantitative estimate of drug-likeness (QED) is 0.286. The van der Waals surface area contributed by atoms with E-state index in [9.17, 15) is 33.3 Å². The van der Waals surface area contributed by atoms with Crippen LogP contribution in [0.1, 0.15) is 25.6 Å². The zero-order valence-electron chi connectivity index (χ0n) is 18.0. The van der Waals surface area contributed by atoms with E-state index in [-0.39, 0.29) is 14.6 Å². The first-order valence-electron chi connectivity index (χ1n) is 9.89. The fourth-order valence-corrected chi connectivity index (χ4v) is 6.43. The van der Waals surface area contributed by atoms with Crippen LogP contribution in [0.25, 0.3) is 0 Å². The van der Waals surface area contributed by atoms with Crippen LogP contribution in [0.3, 0.4) is 0 Å². The van der Waals surface area contributed by atoms with Crippen LogP contribution in [0.15, 0.2) is 39.0 Å². The fourth-order valence-electron chi connectivity index (χ4n) is 3.33. The maximum atomic E-state index is 12.7. The Hall–Kier alpha value is -1.91. The summed E-state index contributed by atoms with van der Waals surface area (Å²) in [6.07, 6.45) is -6.32. The standard InChI is InChI=1S/C20H23BrN2O9S2/c1-9-6-13(18(27)31-2)33-20(9)34(29,30)22-8-12-15(24)16(25)14(19(28)32-12)23-17(26)10-4-3-5-11(21)7-10/h3-7,12,14-16,19,22,24-25,28H,8H2,1-2H3,(H,23,26)/t12-,14-,15-,16-,19?/m1/s1. The van der Waals surface area contributed by atoms with E-state index < -0.39 is 59.1 Å². The van der Waals surface area contributed by atoms with Crippen molar-refractivity contribution in [1.29, 1.82) is 0 Å². The molecule has 1 aromatic carbocycles. The third kappa shape index (κ3) is 5.83. The molecule has 1 fully saturated rings. The van der Waals surface area contributed by atoms with Crippen molar-refractivity contribution in [1.82, 2.24) is 10.0 Å². The van der Waals surface area contributed by atoms with Gasteiger partial charge in [-0.2, -0.15) is 0 Å². The number of sulfonamides is 1. The molecule has 3 rings (SSSR count). The van der Waals surface area contributed by atoms with E-state index in [4.69, 9.17) is 4.74 Å². The number of carbonyl (C=O) groups is 2. The summed E-state index contributed by atoms with van der Waals surface area (Å²) in [7, 11) is -2.93. The smallest absolute Gasteiger partial charge is 0.348 e. The van der Waals surface area contributed by atoms with Gasteiger partial charge in [0.2, 0.25) is 10.0 Å². The molecule has 0 bridgehead atoms. The minimum Gasteiger partial charge on any atom is -0.465 e. The Morgan fingerprint density at radius 2 is 1.91 bits per heavy atom. The molecule has 1 aliphatic rings. The molecule has 1 saturated heterocycles.